The highest BCUT2D eigenvalue weighted by atomic mass is 19.1. The molecule has 10 heteroatoms. The molecule has 1 aromatic carbocycles. The first kappa shape index (κ1) is 20.6. The van der Waals surface area contributed by atoms with Crippen molar-refractivity contribution < 1.29 is 23.8 Å². The minimum atomic E-state index is -0.580. The molecule has 0 bridgehead atoms. The molecule has 2 aliphatic rings. The van der Waals surface area contributed by atoms with Gasteiger partial charge in [-0.1, -0.05) is 0 Å². The molecule has 2 aliphatic heterocycles. The lowest BCUT2D eigenvalue weighted by molar-refractivity contribution is -0.118. The molecule has 0 spiro atoms. The summed E-state index contributed by atoms with van der Waals surface area (Å²) in [5.41, 5.74) is 6.46. The molecule has 2 amide bonds. The quantitative estimate of drug-likeness (QED) is 0.695. The summed E-state index contributed by atoms with van der Waals surface area (Å²) >= 11 is 0. The SMILES string of the molecule is NC(=O)CCC1CN(c2ccc(-c3ccc(N4C=CN(CO)C4)nc3)c(F)c2)C(=O)O1. The van der Waals surface area contributed by atoms with Gasteiger partial charge in [-0.05, 0) is 36.8 Å². The predicted molar refractivity (Wildman–Crippen MR) is 111 cm³/mol. The maximum Gasteiger partial charge on any atom is 0.414 e. The Bertz CT molecular complexity index is 1010. The van der Waals surface area contributed by atoms with E-state index < -0.39 is 23.9 Å². The van der Waals surface area contributed by atoms with Crippen molar-refractivity contribution in [3.05, 3.63) is 54.7 Å². The maximum absolute atomic E-state index is 14.8. The highest BCUT2D eigenvalue weighted by Gasteiger charge is 2.32. The molecule has 31 heavy (non-hydrogen) atoms. The van der Waals surface area contributed by atoms with Crippen LogP contribution in [0.15, 0.2) is 48.9 Å². The zero-order chi connectivity index (χ0) is 22.0. The number of nitrogens with two attached hydrogens (primary N) is 1. The molecule has 3 heterocycles. The number of aliphatic hydroxyl groups is 1. The van der Waals surface area contributed by atoms with E-state index in [1.165, 1.54) is 11.0 Å². The van der Waals surface area contributed by atoms with Gasteiger partial charge in [0, 0.05) is 36.1 Å². The van der Waals surface area contributed by atoms with Crippen LogP contribution in [0.3, 0.4) is 0 Å². The molecular formula is C21H22FN5O4. The van der Waals surface area contributed by atoms with Crippen molar-refractivity contribution in [2.45, 2.75) is 18.9 Å². The summed E-state index contributed by atoms with van der Waals surface area (Å²) in [7, 11) is 0. The third kappa shape index (κ3) is 4.43. The molecule has 1 aromatic heterocycles. The lowest BCUT2D eigenvalue weighted by atomic mass is 10.1. The molecule has 1 fully saturated rings. The number of aromatic nitrogens is 1. The number of primary amides is 1. The molecule has 9 nitrogen and oxygen atoms in total. The number of aliphatic hydroxyl groups excluding tert-OH is 1. The van der Waals surface area contributed by atoms with E-state index in [0.717, 1.165) is 0 Å². The third-order valence-electron chi connectivity index (χ3n) is 5.18. The Hall–Kier alpha value is -3.66. The van der Waals surface area contributed by atoms with Gasteiger partial charge in [0.15, 0.2) is 0 Å². The highest BCUT2D eigenvalue weighted by molar-refractivity contribution is 5.90. The molecule has 1 saturated heterocycles. The molecule has 0 radical (unpaired) electrons. The minimum Gasteiger partial charge on any atom is -0.444 e. The first-order valence-electron chi connectivity index (χ1n) is 9.77. The van der Waals surface area contributed by atoms with E-state index in [-0.39, 0.29) is 19.7 Å². The number of hydrogen-bond donors (Lipinski definition) is 2. The number of pyridine rings is 1. The van der Waals surface area contributed by atoms with E-state index in [9.17, 15) is 14.0 Å². The summed E-state index contributed by atoms with van der Waals surface area (Å²) in [4.78, 5) is 32.3. The molecule has 4 rings (SSSR count). The Balaban J connectivity index is 1.46. The van der Waals surface area contributed by atoms with Crippen LogP contribution >= 0.6 is 0 Å². The van der Waals surface area contributed by atoms with Crippen molar-refractivity contribution in [3.8, 4) is 11.1 Å². The highest BCUT2D eigenvalue weighted by Crippen LogP contribution is 2.30. The summed E-state index contributed by atoms with van der Waals surface area (Å²) in [5, 5.41) is 9.17. The number of carbonyl (C=O) groups excluding carboxylic acids is 2. The van der Waals surface area contributed by atoms with Gasteiger partial charge in [-0.2, -0.15) is 0 Å². The topological polar surface area (TPSA) is 112 Å². The third-order valence-corrected chi connectivity index (χ3v) is 5.18. The number of halogens is 1. The predicted octanol–water partition coefficient (Wildman–Crippen LogP) is 1.98. The summed E-state index contributed by atoms with van der Waals surface area (Å²) < 4.78 is 20.1. The Morgan fingerprint density at radius 2 is 2.13 bits per heavy atom. The second-order valence-electron chi connectivity index (χ2n) is 7.33. The maximum atomic E-state index is 14.8. The number of hydrogen-bond acceptors (Lipinski definition) is 7. The Kier molecular flexibility index (Phi) is 5.72. The lowest BCUT2D eigenvalue weighted by Gasteiger charge is -2.19. The number of nitrogens with zero attached hydrogens (tertiary/aromatic N) is 4. The van der Waals surface area contributed by atoms with Crippen molar-refractivity contribution in [1.29, 1.82) is 0 Å². The number of amides is 2. The van der Waals surface area contributed by atoms with Crippen LogP contribution in [0.4, 0.5) is 20.7 Å². The monoisotopic (exact) mass is 427 g/mol. The van der Waals surface area contributed by atoms with Gasteiger partial charge in [0.2, 0.25) is 5.91 Å². The van der Waals surface area contributed by atoms with E-state index in [1.54, 1.807) is 47.8 Å². The molecule has 162 valence electrons. The average molecular weight is 427 g/mol. The zero-order valence-corrected chi connectivity index (χ0v) is 16.6. The normalized spacial score (nSPS) is 18.1. The second kappa shape index (κ2) is 8.60. The van der Waals surface area contributed by atoms with Crippen LogP contribution in [-0.2, 0) is 9.53 Å². The van der Waals surface area contributed by atoms with Gasteiger partial charge in [0.25, 0.3) is 0 Å². The minimum absolute atomic E-state index is 0.0842. The van der Waals surface area contributed by atoms with Crippen LogP contribution < -0.4 is 15.5 Å². The van der Waals surface area contributed by atoms with Crippen molar-refractivity contribution in [2.24, 2.45) is 5.73 Å². The largest absolute Gasteiger partial charge is 0.444 e. The van der Waals surface area contributed by atoms with E-state index in [0.29, 0.717) is 35.7 Å². The second-order valence-corrected chi connectivity index (χ2v) is 7.33. The fraction of sp³-hybridized carbons (Fsp3) is 0.286. The number of cyclic esters (lactones) is 1. The van der Waals surface area contributed by atoms with Crippen molar-refractivity contribution in [1.82, 2.24) is 9.88 Å². The molecule has 1 atom stereocenters. The van der Waals surface area contributed by atoms with Gasteiger partial charge in [-0.3, -0.25) is 9.69 Å². The molecular weight excluding hydrogens is 405 g/mol. The number of carbonyl (C=O) groups is 2. The van der Waals surface area contributed by atoms with Gasteiger partial charge in [0.05, 0.1) is 18.9 Å². The van der Waals surface area contributed by atoms with Crippen molar-refractivity contribution >= 4 is 23.5 Å². The molecule has 2 aromatic rings. The summed E-state index contributed by atoms with van der Waals surface area (Å²) in [6, 6.07) is 8.05. The fourth-order valence-electron chi connectivity index (χ4n) is 3.51. The van der Waals surface area contributed by atoms with Gasteiger partial charge in [-0.25, -0.2) is 14.2 Å². The summed E-state index contributed by atoms with van der Waals surface area (Å²) in [5.74, 6) is -0.279. The number of benzene rings is 1. The van der Waals surface area contributed by atoms with Crippen LogP contribution in [-0.4, -0.2) is 53.0 Å². The molecule has 0 aliphatic carbocycles. The van der Waals surface area contributed by atoms with Gasteiger partial charge >= 0.3 is 6.09 Å². The van der Waals surface area contributed by atoms with E-state index in [4.69, 9.17) is 15.6 Å². The van der Waals surface area contributed by atoms with E-state index in [2.05, 4.69) is 4.98 Å². The molecule has 1 unspecified atom stereocenters. The standard InChI is InChI=1S/C21H22FN5O4/c22-18-9-15(27-11-16(31-21(27)30)3-5-19(23)29)2-4-17(18)14-1-6-20(24-10-14)26-8-7-25(12-26)13-28/h1-2,4,6-10,16,28H,3,5,11-13H2,(H2,23,29). The van der Waals surface area contributed by atoms with Crippen molar-refractivity contribution in [3.63, 3.8) is 0 Å². The number of ether oxygens (including phenoxy) is 1. The van der Waals surface area contributed by atoms with Crippen LogP contribution in [0, 0.1) is 5.82 Å². The van der Waals surface area contributed by atoms with Crippen LogP contribution in [0.5, 0.6) is 0 Å². The summed E-state index contributed by atoms with van der Waals surface area (Å²) in [6.07, 6.45) is 4.55. The van der Waals surface area contributed by atoms with Crippen LogP contribution in [0.25, 0.3) is 11.1 Å². The number of anilines is 2. The zero-order valence-electron chi connectivity index (χ0n) is 16.6. The van der Waals surface area contributed by atoms with Gasteiger partial charge in [-0.15, -0.1) is 0 Å². The Labute approximate surface area is 178 Å². The van der Waals surface area contributed by atoms with Crippen molar-refractivity contribution in [2.75, 3.05) is 29.7 Å². The Morgan fingerprint density at radius 3 is 2.77 bits per heavy atom. The first-order chi connectivity index (χ1) is 14.9. The van der Waals surface area contributed by atoms with Gasteiger partial charge in [0.1, 0.15) is 24.5 Å². The fourth-order valence-corrected chi connectivity index (χ4v) is 3.51. The molecule has 3 N–H and O–H groups in total. The van der Waals surface area contributed by atoms with E-state index >= 15 is 0 Å². The first-order valence-corrected chi connectivity index (χ1v) is 9.77. The van der Waals surface area contributed by atoms with Gasteiger partial charge < -0.3 is 25.4 Å². The average Bonchev–Trinajstić information content (AvgIpc) is 3.39. The lowest BCUT2D eigenvalue weighted by Crippen LogP contribution is -2.26. The van der Waals surface area contributed by atoms with E-state index in [1.807, 2.05) is 4.90 Å². The molecule has 0 saturated carbocycles. The smallest absolute Gasteiger partial charge is 0.414 e. The number of rotatable bonds is 7. The Morgan fingerprint density at radius 1 is 1.29 bits per heavy atom. The summed E-state index contributed by atoms with van der Waals surface area (Å²) in [6.45, 7) is 0.632. The van der Waals surface area contributed by atoms with Crippen LogP contribution in [0.2, 0.25) is 0 Å². The van der Waals surface area contributed by atoms with Crippen LogP contribution in [0.1, 0.15) is 12.8 Å².